The summed E-state index contributed by atoms with van der Waals surface area (Å²) in [4.78, 5) is 12.3. The molecule has 0 aromatic heterocycles. The van der Waals surface area contributed by atoms with Crippen LogP contribution in [-0.2, 0) is 10.0 Å². The number of ether oxygens (including phenoxy) is 3. The van der Waals surface area contributed by atoms with Gasteiger partial charge in [-0.15, -0.1) is 0 Å². The SMILES string of the molecule is CCOc1ccc(NS(=O)(=O)c2cc(NC(=O)Nc3ccccc3OC)ccc2OC)cc1. The van der Waals surface area contributed by atoms with Crippen LogP contribution in [0.3, 0.4) is 0 Å². The average molecular weight is 472 g/mol. The molecule has 3 rings (SSSR count). The summed E-state index contributed by atoms with van der Waals surface area (Å²) < 4.78 is 44.4. The fraction of sp³-hybridized carbons (Fsp3) is 0.174. The van der Waals surface area contributed by atoms with Crippen LogP contribution in [0.25, 0.3) is 0 Å². The van der Waals surface area contributed by atoms with E-state index in [9.17, 15) is 13.2 Å². The topological polar surface area (TPSA) is 115 Å². The number of para-hydroxylation sites is 2. The van der Waals surface area contributed by atoms with E-state index < -0.39 is 16.1 Å². The third-order valence-electron chi connectivity index (χ3n) is 4.48. The van der Waals surface area contributed by atoms with E-state index in [-0.39, 0.29) is 16.3 Å². The van der Waals surface area contributed by atoms with Gasteiger partial charge in [-0.1, -0.05) is 12.1 Å². The lowest BCUT2D eigenvalue weighted by Crippen LogP contribution is -2.20. The van der Waals surface area contributed by atoms with Crippen LogP contribution in [0.2, 0.25) is 0 Å². The van der Waals surface area contributed by atoms with Gasteiger partial charge in [-0.25, -0.2) is 13.2 Å². The van der Waals surface area contributed by atoms with Crippen molar-refractivity contribution in [2.24, 2.45) is 0 Å². The highest BCUT2D eigenvalue weighted by atomic mass is 32.2. The number of hydrogen-bond donors (Lipinski definition) is 3. The van der Waals surface area contributed by atoms with Gasteiger partial charge in [0.25, 0.3) is 10.0 Å². The summed E-state index contributed by atoms with van der Waals surface area (Å²) in [5.74, 6) is 1.25. The van der Waals surface area contributed by atoms with Crippen molar-refractivity contribution in [1.82, 2.24) is 0 Å². The Balaban J connectivity index is 1.80. The molecule has 3 aromatic rings. The summed E-state index contributed by atoms with van der Waals surface area (Å²) in [6.45, 7) is 2.37. The number of methoxy groups -OCH3 is 2. The maximum Gasteiger partial charge on any atom is 0.323 e. The van der Waals surface area contributed by atoms with Crippen LogP contribution in [0.1, 0.15) is 6.92 Å². The highest BCUT2D eigenvalue weighted by Crippen LogP contribution is 2.30. The number of carbonyl (C=O) groups is 1. The Hall–Kier alpha value is -3.92. The van der Waals surface area contributed by atoms with Crippen molar-refractivity contribution >= 4 is 33.1 Å². The Labute approximate surface area is 192 Å². The molecule has 0 aliphatic carbocycles. The van der Waals surface area contributed by atoms with Crippen LogP contribution in [-0.4, -0.2) is 35.3 Å². The van der Waals surface area contributed by atoms with E-state index in [2.05, 4.69) is 15.4 Å². The first-order chi connectivity index (χ1) is 15.9. The first-order valence-corrected chi connectivity index (χ1v) is 11.5. The third-order valence-corrected chi connectivity index (χ3v) is 5.89. The van der Waals surface area contributed by atoms with Crippen LogP contribution in [0.5, 0.6) is 17.2 Å². The molecule has 9 nitrogen and oxygen atoms in total. The van der Waals surface area contributed by atoms with Gasteiger partial charge in [0.15, 0.2) is 0 Å². The predicted octanol–water partition coefficient (Wildman–Crippen LogP) is 4.55. The lowest BCUT2D eigenvalue weighted by atomic mass is 10.3. The van der Waals surface area contributed by atoms with E-state index in [1.165, 1.54) is 32.4 Å². The number of sulfonamides is 1. The second-order valence-electron chi connectivity index (χ2n) is 6.71. The Morgan fingerprint density at radius 2 is 1.52 bits per heavy atom. The van der Waals surface area contributed by atoms with Crippen molar-refractivity contribution in [2.45, 2.75) is 11.8 Å². The standard InChI is InChI=1S/C23H25N3O6S/c1-4-32-18-12-9-16(10-13-18)26-33(28,29)22-15-17(11-14-21(22)31-3)24-23(27)25-19-7-5-6-8-20(19)30-2/h5-15,26H,4H2,1-3H3,(H2,24,25,27). The number of nitrogens with one attached hydrogen (secondary N) is 3. The Bertz CT molecular complexity index is 1210. The monoisotopic (exact) mass is 471 g/mol. The quantitative estimate of drug-likeness (QED) is 0.422. The molecule has 0 spiro atoms. The molecular weight excluding hydrogens is 446 g/mol. The molecule has 174 valence electrons. The van der Waals surface area contributed by atoms with Gasteiger partial charge in [-0.3, -0.25) is 4.72 Å². The summed E-state index contributed by atoms with van der Waals surface area (Å²) in [5, 5.41) is 5.29. The number of urea groups is 1. The lowest BCUT2D eigenvalue weighted by molar-refractivity contribution is 0.262. The molecule has 2 amide bonds. The number of rotatable bonds is 9. The Morgan fingerprint density at radius 1 is 0.848 bits per heavy atom. The average Bonchev–Trinajstić information content (AvgIpc) is 2.80. The molecule has 0 aliphatic rings. The molecule has 0 heterocycles. The Morgan fingerprint density at radius 3 is 2.18 bits per heavy atom. The molecule has 0 atom stereocenters. The van der Waals surface area contributed by atoms with Crippen molar-refractivity contribution in [2.75, 3.05) is 36.2 Å². The van der Waals surface area contributed by atoms with Crippen LogP contribution in [0.15, 0.2) is 71.6 Å². The molecule has 0 unspecified atom stereocenters. The minimum absolute atomic E-state index is 0.129. The van der Waals surface area contributed by atoms with E-state index in [4.69, 9.17) is 14.2 Å². The zero-order valence-corrected chi connectivity index (χ0v) is 19.2. The molecule has 0 fully saturated rings. The summed E-state index contributed by atoms with van der Waals surface area (Å²) in [7, 11) is -1.15. The van der Waals surface area contributed by atoms with E-state index in [1.54, 1.807) is 48.5 Å². The third kappa shape index (κ3) is 6.07. The Kier molecular flexibility index (Phi) is 7.62. The zero-order chi connectivity index (χ0) is 23.8. The molecule has 0 aliphatic heterocycles. The number of anilines is 3. The van der Waals surface area contributed by atoms with E-state index in [1.807, 2.05) is 6.92 Å². The van der Waals surface area contributed by atoms with E-state index in [0.29, 0.717) is 29.5 Å². The molecule has 0 saturated heterocycles. The summed E-state index contributed by atoms with van der Waals surface area (Å²) in [5.41, 5.74) is 1.08. The van der Waals surface area contributed by atoms with Crippen LogP contribution < -0.4 is 29.6 Å². The maximum atomic E-state index is 13.0. The van der Waals surface area contributed by atoms with Gasteiger partial charge in [0.2, 0.25) is 0 Å². The minimum atomic E-state index is -4.02. The second-order valence-corrected chi connectivity index (χ2v) is 8.36. The van der Waals surface area contributed by atoms with Gasteiger partial charge in [-0.05, 0) is 61.5 Å². The van der Waals surface area contributed by atoms with E-state index in [0.717, 1.165) is 0 Å². The number of carbonyl (C=O) groups excluding carboxylic acids is 1. The van der Waals surface area contributed by atoms with Crippen LogP contribution in [0.4, 0.5) is 21.9 Å². The molecule has 0 radical (unpaired) electrons. The molecule has 0 bridgehead atoms. The molecule has 3 N–H and O–H groups in total. The van der Waals surface area contributed by atoms with E-state index >= 15 is 0 Å². The molecule has 10 heteroatoms. The van der Waals surface area contributed by atoms with Gasteiger partial charge < -0.3 is 24.8 Å². The zero-order valence-electron chi connectivity index (χ0n) is 18.4. The van der Waals surface area contributed by atoms with Crippen molar-refractivity contribution in [1.29, 1.82) is 0 Å². The van der Waals surface area contributed by atoms with Gasteiger partial charge >= 0.3 is 6.03 Å². The molecular formula is C23H25N3O6S. The van der Waals surface area contributed by atoms with Crippen LogP contribution in [0, 0.1) is 0 Å². The largest absolute Gasteiger partial charge is 0.495 e. The van der Waals surface area contributed by atoms with Gasteiger partial charge in [0, 0.05) is 11.4 Å². The van der Waals surface area contributed by atoms with Gasteiger partial charge in [-0.2, -0.15) is 0 Å². The number of benzene rings is 3. The van der Waals surface area contributed by atoms with Crippen molar-refractivity contribution < 1.29 is 27.4 Å². The molecule has 3 aromatic carbocycles. The molecule has 33 heavy (non-hydrogen) atoms. The first-order valence-electron chi connectivity index (χ1n) is 10.0. The highest BCUT2D eigenvalue weighted by molar-refractivity contribution is 7.92. The summed E-state index contributed by atoms with van der Waals surface area (Å²) >= 11 is 0. The van der Waals surface area contributed by atoms with Crippen molar-refractivity contribution in [3.8, 4) is 17.2 Å². The predicted molar refractivity (Wildman–Crippen MR) is 127 cm³/mol. The number of hydrogen-bond acceptors (Lipinski definition) is 6. The fourth-order valence-electron chi connectivity index (χ4n) is 2.99. The molecule has 0 saturated carbocycles. The first kappa shape index (κ1) is 23.7. The van der Waals surface area contributed by atoms with Gasteiger partial charge in [0.05, 0.1) is 26.5 Å². The van der Waals surface area contributed by atoms with Crippen molar-refractivity contribution in [3.63, 3.8) is 0 Å². The fourth-order valence-corrected chi connectivity index (χ4v) is 4.25. The summed E-state index contributed by atoms with van der Waals surface area (Å²) in [6, 6.07) is 17.2. The minimum Gasteiger partial charge on any atom is -0.495 e. The summed E-state index contributed by atoms with van der Waals surface area (Å²) in [6.07, 6.45) is 0. The smallest absolute Gasteiger partial charge is 0.323 e. The van der Waals surface area contributed by atoms with Gasteiger partial charge in [0.1, 0.15) is 22.1 Å². The normalized spacial score (nSPS) is 10.8. The lowest BCUT2D eigenvalue weighted by Gasteiger charge is -2.15. The van der Waals surface area contributed by atoms with Crippen molar-refractivity contribution in [3.05, 3.63) is 66.7 Å². The second kappa shape index (κ2) is 10.6. The highest BCUT2D eigenvalue weighted by Gasteiger charge is 2.21. The maximum absolute atomic E-state index is 13.0. The van der Waals surface area contributed by atoms with Crippen LogP contribution >= 0.6 is 0 Å². The number of amides is 2.